The summed E-state index contributed by atoms with van der Waals surface area (Å²) in [5, 5.41) is 0. The lowest BCUT2D eigenvalue weighted by molar-refractivity contribution is 1.32. The monoisotopic (exact) mass is 322 g/mol. The van der Waals surface area contributed by atoms with Crippen LogP contribution in [-0.4, -0.2) is 0 Å². The van der Waals surface area contributed by atoms with Crippen molar-refractivity contribution < 1.29 is 0 Å². The maximum Gasteiger partial charge on any atom is 0.0801 e. The molecule has 0 radical (unpaired) electrons. The van der Waals surface area contributed by atoms with E-state index in [0.717, 1.165) is 5.75 Å². The van der Waals surface area contributed by atoms with Crippen molar-refractivity contribution in [1.29, 1.82) is 0 Å². The SMILES string of the molecule is c1ccc(CSC(Sc2ccccc2)c2ccccc2)cc1. The first kappa shape index (κ1) is 15.3. The minimum absolute atomic E-state index is 0.406. The molecule has 110 valence electrons. The Morgan fingerprint density at radius 3 is 1.82 bits per heavy atom. The summed E-state index contributed by atoms with van der Waals surface area (Å²) in [4.78, 5) is 1.32. The van der Waals surface area contributed by atoms with Gasteiger partial charge in [0.1, 0.15) is 0 Å². The molecule has 0 spiro atoms. The van der Waals surface area contributed by atoms with E-state index >= 15 is 0 Å². The zero-order chi connectivity index (χ0) is 15.0. The van der Waals surface area contributed by atoms with Crippen LogP contribution in [0.25, 0.3) is 0 Å². The molecule has 0 aliphatic carbocycles. The Morgan fingerprint density at radius 1 is 0.636 bits per heavy atom. The molecule has 0 fully saturated rings. The van der Waals surface area contributed by atoms with Gasteiger partial charge in [0, 0.05) is 10.6 Å². The third-order valence-electron chi connectivity index (χ3n) is 3.30. The van der Waals surface area contributed by atoms with E-state index in [-0.39, 0.29) is 0 Å². The van der Waals surface area contributed by atoms with Crippen LogP contribution in [0.15, 0.2) is 95.9 Å². The van der Waals surface area contributed by atoms with Gasteiger partial charge in [-0.1, -0.05) is 78.9 Å². The second-order valence-electron chi connectivity index (χ2n) is 4.97. The van der Waals surface area contributed by atoms with E-state index in [4.69, 9.17) is 0 Å². The summed E-state index contributed by atoms with van der Waals surface area (Å²) in [6, 6.07) is 32.1. The Kier molecular flexibility index (Phi) is 5.63. The Bertz CT molecular complexity index is 666. The number of hydrogen-bond donors (Lipinski definition) is 0. The van der Waals surface area contributed by atoms with Gasteiger partial charge in [0.05, 0.1) is 4.58 Å². The van der Waals surface area contributed by atoms with Crippen molar-refractivity contribution in [1.82, 2.24) is 0 Å². The van der Waals surface area contributed by atoms with E-state index in [2.05, 4.69) is 91.0 Å². The van der Waals surface area contributed by atoms with Gasteiger partial charge in [-0.3, -0.25) is 0 Å². The predicted octanol–water partition coefficient (Wildman–Crippen LogP) is 6.41. The summed E-state index contributed by atoms with van der Waals surface area (Å²) in [6.45, 7) is 0. The van der Waals surface area contributed by atoms with Gasteiger partial charge in [0.25, 0.3) is 0 Å². The summed E-state index contributed by atoms with van der Waals surface area (Å²) in [7, 11) is 0. The molecule has 3 rings (SSSR count). The van der Waals surface area contributed by atoms with E-state index in [0.29, 0.717) is 4.58 Å². The minimum Gasteiger partial charge on any atom is -0.138 e. The van der Waals surface area contributed by atoms with Gasteiger partial charge in [-0.05, 0) is 23.3 Å². The summed E-state index contributed by atoms with van der Waals surface area (Å²) < 4.78 is 0.406. The minimum atomic E-state index is 0.406. The van der Waals surface area contributed by atoms with Crippen molar-refractivity contribution in [3.05, 3.63) is 102 Å². The Labute approximate surface area is 141 Å². The topological polar surface area (TPSA) is 0 Å². The lowest BCUT2D eigenvalue weighted by atomic mass is 10.2. The lowest BCUT2D eigenvalue weighted by Crippen LogP contribution is -1.91. The number of thioether (sulfide) groups is 2. The van der Waals surface area contributed by atoms with Crippen LogP contribution in [0.2, 0.25) is 0 Å². The Balaban J connectivity index is 1.74. The molecule has 1 atom stereocenters. The third kappa shape index (κ3) is 4.43. The van der Waals surface area contributed by atoms with Gasteiger partial charge in [0.15, 0.2) is 0 Å². The Morgan fingerprint density at radius 2 is 1.18 bits per heavy atom. The first-order valence-electron chi connectivity index (χ1n) is 7.34. The molecule has 0 N–H and O–H groups in total. The molecular weight excluding hydrogens is 304 g/mol. The average Bonchev–Trinajstić information content (AvgIpc) is 2.61. The highest BCUT2D eigenvalue weighted by atomic mass is 32.2. The molecule has 0 saturated heterocycles. The third-order valence-corrected chi connectivity index (χ3v) is 6.10. The van der Waals surface area contributed by atoms with E-state index < -0.39 is 0 Å². The van der Waals surface area contributed by atoms with Gasteiger partial charge in [0.2, 0.25) is 0 Å². The highest BCUT2D eigenvalue weighted by Crippen LogP contribution is 2.44. The molecule has 22 heavy (non-hydrogen) atoms. The second-order valence-corrected chi connectivity index (χ2v) is 7.54. The smallest absolute Gasteiger partial charge is 0.0801 e. The van der Waals surface area contributed by atoms with E-state index in [1.807, 2.05) is 23.5 Å². The van der Waals surface area contributed by atoms with Crippen LogP contribution in [0.4, 0.5) is 0 Å². The number of rotatable bonds is 6. The van der Waals surface area contributed by atoms with Crippen molar-refractivity contribution >= 4 is 23.5 Å². The van der Waals surface area contributed by atoms with Crippen LogP contribution in [0, 0.1) is 0 Å². The van der Waals surface area contributed by atoms with Gasteiger partial charge in [-0.2, -0.15) is 0 Å². The van der Waals surface area contributed by atoms with Crippen molar-refractivity contribution in [2.45, 2.75) is 15.2 Å². The van der Waals surface area contributed by atoms with Crippen LogP contribution in [0.3, 0.4) is 0 Å². The van der Waals surface area contributed by atoms with Gasteiger partial charge >= 0.3 is 0 Å². The zero-order valence-electron chi connectivity index (χ0n) is 12.3. The van der Waals surface area contributed by atoms with Gasteiger partial charge < -0.3 is 0 Å². The summed E-state index contributed by atoms with van der Waals surface area (Å²) in [6.07, 6.45) is 0. The molecule has 0 amide bonds. The van der Waals surface area contributed by atoms with Gasteiger partial charge in [-0.15, -0.1) is 23.5 Å². The highest BCUT2D eigenvalue weighted by molar-refractivity contribution is 8.16. The molecule has 0 aliphatic rings. The number of hydrogen-bond acceptors (Lipinski definition) is 2. The maximum absolute atomic E-state index is 2.22. The Hall–Kier alpha value is -1.64. The standard InChI is InChI=1S/C20H18S2/c1-4-10-17(11-5-1)16-21-20(18-12-6-2-7-13-18)22-19-14-8-3-9-15-19/h1-15,20H,16H2. The second kappa shape index (κ2) is 8.11. The molecule has 0 heterocycles. The average molecular weight is 322 g/mol. The number of benzene rings is 3. The maximum atomic E-state index is 2.22. The largest absolute Gasteiger partial charge is 0.138 e. The van der Waals surface area contributed by atoms with Crippen LogP contribution in [0.1, 0.15) is 15.7 Å². The molecule has 0 bridgehead atoms. The van der Waals surface area contributed by atoms with Crippen molar-refractivity contribution in [3.63, 3.8) is 0 Å². The van der Waals surface area contributed by atoms with Crippen LogP contribution < -0.4 is 0 Å². The molecule has 0 aliphatic heterocycles. The fourth-order valence-corrected chi connectivity index (χ4v) is 4.73. The molecule has 0 aromatic heterocycles. The van der Waals surface area contributed by atoms with Crippen molar-refractivity contribution in [2.24, 2.45) is 0 Å². The summed E-state index contributed by atoms with van der Waals surface area (Å²) >= 11 is 3.91. The molecule has 1 unspecified atom stereocenters. The van der Waals surface area contributed by atoms with Crippen molar-refractivity contribution in [3.8, 4) is 0 Å². The quantitative estimate of drug-likeness (QED) is 0.380. The molecule has 0 saturated carbocycles. The van der Waals surface area contributed by atoms with Crippen LogP contribution >= 0.6 is 23.5 Å². The molecule has 2 heteroatoms. The fraction of sp³-hybridized carbons (Fsp3) is 0.100. The summed E-state index contributed by atoms with van der Waals surface area (Å²) in [5.41, 5.74) is 2.75. The zero-order valence-corrected chi connectivity index (χ0v) is 13.9. The molecule has 3 aromatic rings. The normalized spacial score (nSPS) is 12.0. The van der Waals surface area contributed by atoms with Gasteiger partial charge in [-0.25, -0.2) is 0 Å². The first-order chi connectivity index (χ1) is 10.9. The van der Waals surface area contributed by atoms with E-state index in [9.17, 15) is 0 Å². The molecule has 0 nitrogen and oxygen atoms in total. The molecule has 3 aromatic carbocycles. The first-order valence-corrected chi connectivity index (χ1v) is 9.27. The van der Waals surface area contributed by atoms with Crippen molar-refractivity contribution in [2.75, 3.05) is 0 Å². The van der Waals surface area contributed by atoms with E-state index in [1.165, 1.54) is 16.0 Å². The predicted molar refractivity (Wildman–Crippen MR) is 99.2 cm³/mol. The summed E-state index contributed by atoms with van der Waals surface area (Å²) in [5.74, 6) is 1.03. The highest BCUT2D eigenvalue weighted by Gasteiger charge is 2.13. The van der Waals surface area contributed by atoms with E-state index in [1.54, 1.807) is 0 Å². The van der Waals surface area contributed by atoms with Crippen LogP contribution in [0.5, 0.6) is 0 Å². The fourth-order valence-electron chi connectivity index (χ4n) is 2.18. The molecular formula is C20H18S2. The van der Waals surface area contributed by atoms with Crippen LogP contribution in [-0.2, 0) is 5.75 Å². The lowest BCUT2D eigenvalue weighted by Gasteiger charge is -2.17.